The zero-order valence-corrected chi connectivity index (χ0v) is 11.7. The van der Waals surface area contributed by atoms with Crippen molar-refractivity contribution in [2.75, 3.05) is 18.0 Å². The van der Waals surface area contributed by atoms with Gasteiger partial charge in [0, 0.05) is 25.4 Å². The fourth-order valence-electron chi connectivity index (χ4n) is 3.59. The fraction of sp³-hybridized carbons (Fsp3) is 0.500. The molecule has 0 spiro atoms. The number of pyridine rings is 1. The molecule has 1 N–H and O–H groups in total. The minimum atomic E-state index is -0.931. The first kappa shape index (κ1) is 13.2. The van der Waals surface area contributed by atoms with E-state index in [4.69, 9.17) is 5.11 Å². The number of aliphatic carboxylic acids is 1. The first-order valence-electron chi connectivity index (χ1n) is 7.26. The van der Waals surface area contributed by atoms with Crippen molar-refractivity contribution in [3.8, 4) is 0 Å². The normalized spacial score (nSPS) is 25.4. The Morgan fingerprint density at radius 2 is 2.10 bits per heavy atom. The van der Waals surface area contributed by atoms with Crippen LogP contribution in [0.15, 0.2) is 18.3 Å². The summed E-state index contributed by atoms with van der Waals surface area (Å²) in [7, 11) is 0. The SMILES string of the molecule is Cc1cc(/C=C/C(=O)O)cnc1N1CC2CCCC2C1. The van der Waals surface area contributed by atoms with E-state index in [1.807, 2.05) is 6.07 Å². The van der Waals surface area contributed by atoms with Crippen LogP contribution in [0.25, 0.3) is 6.08 Å². The number of nitrogens with zero attached hydrogens (tertiary/aromatic N) is 2. The van der Waals surface area contributed by atoms with Gasteiger partial charge in [0.25, 0.3) is 0 Å². The Labute approximate surface area is 119 Å². The van der Waals surface area contributed by atoms with Gasteiger partial charge in [0.2, 0.25) is 0 Å². The van der Waals surface area contributed by atoms with E-state index in [0.29, 0.717) is 0 Å². The largest absolute Gasteiger partial charge is 0.478 e. The van der Waals surface area contributed by atoms with Crippen molar-refractivity contribution in [2.45, 2.75) is 26.2 Å². The van der Waals surface area contributed by atoms with Gasteiger partial charge in [0.15, 0.2) is 0 Å². The van der Waals surface area contributed by atoms with E-state index >= 15 is 0 Å². The van der Waals surface area contributed by atoms with Crippen LogP contribution in [0.5, 0.6) is 0 Å². The number of aryl methyl sites for hydroxylation is 1. The van der Waals surface area contributed by atoms with E-state index in [2.05, 4.69) is 16.8 Å². The van der Waals surface area contributed by atoms with Crippen molar-refractivity contribution in [3.05, 3.63) is 29.5 Å². The van der Waals surface area contributed by atoms with Crippen LogP contribution in [0.4, 0.5) is 5.82 Å². The monoisotopic (exact) mass is 272 g/mol. The molecule has 0 amide bonds. The number of carbonyl (C=O) groups is 1. The Balaban J connectivity index is 1.76. The summed E-state index contributed by atoms with van der Waals surface area (Å²) in [6.07, 6.45) is 8.60. The van der Waals surface area contributed by atoms with E-state index in [1.54, 1.807) is 12.3 Å². The lowest BCUT2D eigenvalue weighted by Crippen LogP contribution is -2.22. The van der Waals surface area contributed by atoms with E-state index in [0.717, 1.165) is 47.9 Å². The maximum absolute atomic E-state index is 10.5. The van der Waals surface area contributed by atoms with Gasteiger partial charge < -0.3 is 10.0 Å². The zero-order valence-electron chi connectivity index (χ0n) is 11.7. The van der Waals surface area contributed by atoms with Crippen LogP contribution < -0.4 is 4.90 Å². The number of rotatable bonds is 3. The standard InChI is InChI=1S/C16H20N2O2/c1-11-7-12(5-6-15(19)20)8-17-16(11)18-9-13-3-2-4-14(13)10-18/h5-8,13-14H,2-4,9-10H2,1H3,(H,19,20)/b6-5+. The second-order valence-corrected chi connectivity index (χ2v) is 5.94. The minimum absolute atomic E-state index is 0.841. The van der Waals surface area contributed by atoms with Crippen molar-refractivity contribution in [1.82, 2.24) is 4.98 Å². The van der Waals surface area contributed by atoms with Crippen LogP contribution in [0.1, 0.15) is 30.4 Å². The molecule has 20 heavy (non-hydrogen) atoms. The number of carboxylic acid groups (broad SMARTS) is 1. The summed E-state index contributed by atoms with van der Waals surface area (Å²) in [4.78, 5) is 17.5. The number of hydrogen-bond donors (Lipinski definition) is 1. The molecule has 2 heterocycles. The van der Waals surface area contributed by atoms with Crippen molar-refractivity contribution >= 4 is 17.9 Å². The molecule has 2 fully saturated rings. The van der Waals surface area contributed by atoms with Gasteiger partial charge in [-0.3, -0.25) is 0 Å². The third-order valence-corrected chi connectivity index (χ3v) is 4.52. The molecule has 1 aromatic rings. The number of carboxylic acids is 1. The third kappa shape index (κ3) is 2.55. The van der Waals surface area contributed by atoms with E-state index < -0.39 is 5.97 Å². The molecular weight excluding hydrogens is 252 g/mol. The zero-order chi connectivity index (χ0) is 14.1. The Kier molecular flexibility index (Phi) is 3.47. The van der Waals surface area contributed by atoms with Gasteiger partial charge >= 0.3 is 5.97 Å². The summed E-state index contributed by atoms with van der Waals surface area (Å²) in [5.74, 6) is 1.83. The summed E-state index contributed by atoms with van der Waals surface area (Å²) in [5.41, 5.74) is 1.96. The molecule has 0 radical (unpaired) electrons. The van der Waals surface area contributed by atoms with Gasteiger partial charge in [0.1, 0.15) is 5.82 Å². The molecule has 1 aliphatic heterocycles. The minimum Gasteiger partial charge on any atom is -0.478 e. The number of aromatic nitrogens is 1. The molecular formula is C16H20N2O2. The maximum Gasteiger partial charge on any atom is 0.328 e. The molecule has 1 aromatic heterocycles. The smallest absolute Gasteiger partial charge is 0.328 e. The van der Waals surface area contributed by atoms with Gasteiger partial charge in [-0.1, -0.05) is 6.42 Å². The lowest BCUT2D eigenvalue weighted by molar-refractivity contribution is -0.131. The number of fused-ring (bicyclic) bond motifs is 1. The van der Waals surface area contributed by atoms with E-state index in [-0.39, 0.29) is 0 Å². The van der Waals surface area contributed by atoms with Crippen LogP contribution in [0, 0.1) is 18.8 Å². The summed E-state index contributed by atoms with van der Waals surface area (Å²) in [5, 5.41) is 8.65. The molecule has 106 valence electrons. The first-order valence-corrected chi connectivity index (χ1v) is 7.26. The molecule has 4 nitrogen and oxygen atoms in total. The molecule has 0 bridgehead atoms. The quantitative estimate of drug-likeness (QED) is 0.860. The number of hydrogen-bond acceptors (Lipinski definition) is 3. The molecule has 1 saturated carbocycles. The fourth-order valence-corrected chi connectivity index (χ4v) is 3.59. The molecule has 0 aromatic carbocycles. The maximum atomic E-state index is 10.5. The molecule has 1 aliphatic carbocycles. The predicted molar refractivity (Wildman–Crippen MR) is 78.7 cm³/mol. The molecule has 3 rings (SSSR count). The first-order chi connectivity index (χ1) is 9.63. The van der Waals surface area contributed by atoms with E-state index in [1.165, 1.54) is 19.3 Å². The second kappa shape index (κ2) is 5.27. The highest BCUT2D eigenvalue weighted by atomic mass is 16.4. The lowest BCUT2D eigenvalue weighted by Gasteiger charge is -2.20. The topological polar surface area (TPSA) is 53.4 Å². The summed E-state index contributed by atoms with van der Waals surface area (Å²) >= 11 is 0. The van der Waals surface area contributed by atoms with Crippen molar-refractivity contribution in [1.29, 1.82) is 0 Å². The van der Waals surface area contributed by atoms with Crippen LogP contribution in [-0.2, 0) is 4.79 Å². The Hall–Kier alpha value is -1.84. The Morgan fingerprint density at radius 1 is 1.40 bits per heavy atom. The average Bonchev–Trinajstić information content (AvgIpc) is 2.97. The predicted octanol–water partition coefficient (Wildman–Crippen LogP) is 2.72. The van der Waals surface area contributed by atoms with Gasteiger partial charge in [0.05, 0.1) is 0 Å². The second-order valence-electron chi connectivity index (χ2n) is 5.94. The van der Waals surface area contributed by atoms with Crippen LogP contribution in [0.3, 0.4) is 0 Å². The number of anilines is 1. The molecule has 2 unspecified atom stereocenters. The Morgan fingerprint density at radius 3 is 2.70 bits per heavy atom. The van der Waals surface area contributed by atoms with Crippen molar-refractivity contribution in [2.24, 2.45) is 11.8 Å². The summed E-state index contributed by atoms with van der Waals surface area (Å²) in [6.45, 7) is 4.31. The highest BCUT2D eigenvalue weighted by Gasteiger charge is 2.36. The molecule has 4 heteroatoms. The molecule has 2 aliphatic rings. The van der Waals surface area contributed by atoms with Gasteiger partial charge in [-0.25, -0.2) is 9.78 Å². The van der Waals surface area contributed by atoms with Crippen molar-refractivity contribution < 1.29 is 9.90 Å². The van der Waals surface area contributed by atoms with E-state index in [9.17, 15) is 4.79 Å². The summed E-state index contributed by atoms with van der Waals surface area (Å²) in [6, 6.07) is 2.01. The van der Waals surface area contributed by atoms with Crippen LogP contribution in [-0.4, -0.2) is 29.1 Å². The third-order valence-electron chi connectivity index (χ3n) is 4.52. The van der Waals surface area contributed by atoms with Gasteiger partial charge in [-0.15, -0.1) is 0 Å². The van der Waals surface area contributed by atoms with Crippen LogP contribution >= 0.6 is 0 Å². The van der Waals surface area contributed by atoms with Crippen molar-refractivity contribution in [3.63, 3.8) is 0 Å². The van der Waals surface area contributed by atoms with Gasteiger partial charge in [-0.2, -0.15) is 0 Å². The highest BCUT2D eigenvalue weighted by Crippen LogP contribution is 2.39. The average molecular weight is 272 g/mol. The summed E-state index contributed by atoms with van der Waals surface area (Å²) < 4.78 is 0. The molecule has 1 saturated heterocycles. The Bertz CT molecular complexity index is 541. The van der Waals surface area contributed by atoms with Crippen LogP contribution in [0.2, 0.25) is 0 Å². The van der Waals surface area contributed by atoms with Gasteiger partial charge in [-0.05, 0) is 54.9 Å². The highest BCUT2D eigenvalue weighted by molar-refractivity contribution is 5.85. The molecule has 2 atom stereocenters. The lowest BCUT2D eigenvalue weighted by atomic mass is 10.0.